The van der Waals surface area contributed by atoms with Crippen molar-refractivity contribution < 1.29 is 14.6 Å². The zero-order chi connectivity index (χ0) is 30.0. The van der Waals surface area contributed by atoms with Crippen molar-refractivity contribution in [2.75, 3.05) is 12.4 Å². The third-order valence-corrected chi connectivity index (χ3v) is 7.51. The third-order valence-electron chi connectivity index (χ3n) is 7.11. The minimum absolute atomic E-state index is 0.277. The molecule has 0 aliphatic rings. The Morgan fingerprint density at radius 1 is 0.952 bits per heavy atom. The molecule has 3 aromatic heterocycles. The molecule has 0 bridgehead atoms. The summed E-state index contributed by atoms with van der Waals surface area (Å²) in [5, 5.41) is 16.5. The standard InChI is InChI=1S/C32H31ClN6O3/c1-18-21(9-7-12-24(18)38-29-28-26(13-8-16-34-28)36-19(2)37-29)22-10-6-11-23(27(22)33)25-15-14-20(30(39-25)42-5)17-35-32(3,4)31(40)41/h6-16,35H,17H2,1-5H3,(H,40,41)(H,36,37,38). The summed E-state index contributed by atoms with van der Waals surface area (Å²) < 4.78 is 5.55. The third kappa shape index (κ3) is 5.74. The van der Waals surface area contributed by atoms with Gasteiger partial charge in [0.15, 0.2) is 5.82 Å². The van der Waals surface area contributed by atoms with E-state index in [1.165, 1.54) is 7.11 Å². The van der Waals surface area contributed by atoms with Gasteiger partial charge in [0.2, 0.25) is 5.88 Å². The normalized spacial score (nSPS) is 11.5. The number of aromatic nitrogens is 4. The average molecular weight is 583 g/mol. The monoisotopic (exact) mass is 582 g/mol. The fraction of sp³-hybridized carbons (Fsp3) is 0.219. The molecule has 0 spiro atoms. The highest BCUT2D eigenvalue weighted by molar-refractivity contribution is 6.36. The summed E-state index contributed by atoms with van der Waals surface area (Å²) in [5.74, 6) is 0.737. The molecule has 0 saturated heterocycles. The van der Waals surface area contributed by atoms with Crippen LogP contribution in [0.3, 0.4) is 0 Å². The second kappa shape index (κ2) is 11.7. The van der Waals surface area contributed by atoms with Crippen LogP contribution in [-0.4, -0.2) is 43.7 Å². The van der Waals surface area contributed by atoms with Crippen LogP contribution >= 0.6 is 11.6 Å². The molecule has 5 aromatic rings. The Balaban J connectivity index is 1.49. The molecular weight excluding hydrogens is 552 g/mol. The van der Waals surface area contributed by atoms with E-state index in [4.69, 9.17) is 21.3 Å². The molecule has 3 N–H and O–H groups in total. The number of anilines is 2. The van der Waals surface area contributed by atoms with E-state index in [2.05, 4.69) is 25.6 Å². The first-order valence-corrected chi connectivity index (χ1v) is 13.7. The second-order valence-electron chi connectivity index (χ2n) is 10.4. The van der Waals surface area contributed by atoms with Crippen LogP contribution < -0.4 is 15.4 Å². The molecule has 0 aliphatic carbocycles. The highest BCUT2D eigenvalue weighted by atomic mass is 35.5. The minimum Gasteiger partial charge on any atom is -0.481 e. The van der Waals surface area contributed by atoms with Crippen LogP contribution in [0.15, 0.2) is 66.9 Å². The number of fused-ring (bicyclic) bond motifs is 1. The van der Waals surface area contributed by atoms with Crippen LogP contribution in [0.1, 0.15) is 30.8 Å². The number of ether oxygens (including phenoxy) is 1. The summed E-state index contributed by atoms with van der Waals surface area (Å²) >= 11 is 7.04. The average Bonchev–Trinajstić information content (AvgIpc) is 2.97. The number of hydrogen-bond acceptors (Lipinski definition) is 8. The van der Waals surface area contributed by atoms with Gasteiger partial charge in [-0.3, -0.25) is 15.1 Å². The molecule has 0 radical (unpaired) electrons. The molecule has 2 aromatic carbocycles. The summed E-state index contributed by atoms with van der Waals surface area (Å²) in [5.41, 5.74) is 6.16. The summed E-state index contributed by atoms with van der Waals surface area (Å²) in [4.78, 5) is 29.8. The lowest BCUT2D eigenvalue weighted by Gasteiger charge is -2.21. The van der Waals surface area contributed by atoms with Gasteiger partial charge in [0, 0.05) is 35.1 Å². The van der Waals surface area contributed by atoms with Crippen molar-refractivity contribution in [1.82, 2.24) is 25.3 Å². The Labute approximate surface area is 249 Å². The van der Waals surface area contributed by atoms with Gasteiger partial charge in [-0.2, -0.15) is 0 Å². The zero-order valence-corrected chi connectivity index (χ0v) is 24.7. The van der Waals surface area contributed by atoms with Crippen LogP contribution in [0.5, 0.6) is 5.88 Å². The summed E-state index contributed by atoms with van der Waals surface area (Å²) in [6.45, 7) is 7.38. The zero-order valence-electron chi connectivity index (χ0n) is 24.0. The Morgan fingerprint density at radius 3 is 2.45 bits per heavy atom. The highest BCUT2D eigenvalue weighted by Crippen LogP contribution is 2.40. The molecule has 10 heteroatoms. The molecule has 0 unspecified atom stereocenters. The molecule has 9 nitrogen and oxygen atoms in total. The predicted molar refractivity (Wildman–Crippen MR) is 165 cm³/mol. The van der Waals surface area contributed by atoms with Gasteiger partial charge in [0.05, 0.1) is 23.3 Å². The molecule has 214 valence electrons. The first-order valence-electron chi connectivity index (χ1n) is 13.4. The van der Waals surface area contributed by atoms with Gasteiger partial charge in [0.1, 0.15) is 16.9 Å². The Bertz CT molecular complexity index is 1810. The maximum absolute atomic E-state index is 11.5. The van der Waals surface area contributed by atoms with Crippen LogP contribution in [-0.2, 0) is 11.3 Å². The number of carbonyl (C=O) groups is 1. The lowest BCUT2D eigenvalue weighted by molar-refractivity contribution is -0.143. The largest absolute Gasteiger partial charge is 0.481 e. The van der Waals surface area contributed by atoms with Crippen LogP contribution in [0, 0.1) is 13.8 Å². The number of rotatable bonds is 9. The number of pyridine rings is 2. The predicted octanol–water partition coefficient (Wildman–Crippen LogP) is 6.73. The molecule has 5 rings (SSSR count). The summed E-state index contributed by atoms with van der Waals surface area (Å²) in [6, 6.07) is 19.3. The number of aliphatic carboxylic acids is 1. The van der Waals surface area contributed by atoms with E-state index >= 15 is 0 Å². The lowest BCUT2D eigenvalue weighted by atomic mass is 9.96. The first-order chi connectivity index (χ1) is 20.1. The van der Waals surface area contributed by atoms with Crippen LogP contribution in [0.25, 0.3) is 33.4 Å². The van der Waals surface area contributed by atoms with Gasteiger partial charge in [-0.1, -0.05) is 48.0 Å². The lowest BCUT2D eigenvalue weighted by Crippen LogP contribution is -2.46. The summed E-state index contributed by atoms with van der Waals surface area (Å²) in [7, 11) is 1.54. The van der Waals surface area contributed by atoms with Gasteiger partial charge in [-0.15, -0.1) is 0 Å². The van der Waals surface area contributed by atoms with E-state index in [0.29, 0.717) is 33.8 Å². The van der Waals surface area contributed by atoms with Crippen molar-refractivity contribution in [3.05, 3.63) is 88.8 Å². The van der Waals surface area contributed by atoms with Crippen molar-refractivity contribution in [3.63, 3.8) is 0 Å². The number of nitrogens with zero attached hydrogens (tertiary/aromatic N) is 4. The van der Waals surface area contributed by atoms with Gasteiger partial charge in [0.25, 0.3) is 0 Å². The molecule has 0 amide bonds. The number of hydrogen-bond donors (Lipinski definition) is 3. The maximum atomic E-state index is 11.5. The number of halogens is 1. The summed E-state index contributed by atoms with van der Waals surface area (Å²) in [6.07, 6.45) is 1.73. The van der Waals surface area contributed by atoms with E-state index in [1.807, 2.05) is 74.5 Å². The SMILES string of the molecule is COc1nc(-c2cccc(-c3cccc(Nc4nc(C)nc5cccnc45)c3C)c2Cl)ccc1CNC(C)(C)C(=O)O. The Kier molecular flexibility index (Phi) is 8.06. The number of carboxylic acids is 1. The molecule has 0 fully saturated rings. The number of carboxylic acid groups (broad SMARTS) is 1. The smallest absolute Gasteiger partial charge is 0.323 e. The van der Waals surface area contributed by atoms with Gasteiger partial charge < -0.3 is 15.2 Å². The second-order valence-corrected chi connectivity index (χ2v) is 10.8. The van der Waals surface area contributed by atoms with Gasteiger partial charge in [-0.05, 0) is 63.1 Å². The molecule has 42 heavy (non-hydrogen) atoms. The van der Waals surface area contributed by atoms with Crippen molar-refractivity contribution in [3.8, 4) is 28.3 Å². The van der Waals surface area contributed by atoms with E-state index in [-0.39, 0.29) is 6.54 Å². The fourth-order valence-electron chi connectivity index (χ4n) is 4.62. The molecule has 0 atom stereocenters. The fourth-order valence-corrected chi connectivity index (χ4v) is 4.95. The first kappa shape index (κ1) is 28.9. The van der Waals surface area contributed by atoms with E-state index < -0.39 is 11.5 Å². The molecule has 0 saturated carbocycles. The van der Waals surface area contributed by atoms with Crippen LogP contribution in [0.4, 0.5) is 11.5 Å². The number of aryl methyl sites for hydroxylation is 1. The number of methoxy groups -OCH3 is 1. The van der Waals surface area contributed by atoms with E-state index in [9.17, 15) is 9.90 Å². The molecular formula is C32H31ClN6O3. The Morgan fingerprint density at radius 2 is 1.69 bits per heavy atom. The Hall–Kier alpha value is -4.60. The van der Waals surface area contributed by atoms with Crippen molar-refractivity contribution in [1.29, 1.82) is 0 Å². The number of nitrogens with one attached hydrogen (secondary N) is 2. The van der Waals surface area contributed by atoms with Crippen molar-refractivity contribution >= 4 is 40.1 Å². The highest BCUT2D eigenvalue weighted by Gasteiger charge is 2.26. The van der Waals surface area contributed by atoms with E-state index in [0.717, 1.165) is 39.0 Å². The van der Waals surface area contributed by atoms with Gasteiger partial charge in [-0.25, -0.2) is 15.0 Å². The van der Waals surface area contributed by atoms with Crippen molar-refractivity contribution in [2.45, 2.75) is 39.8 Å². The maximum Gasteiger partial charge on any atom is 0.323 e. The van der Waals surface area contributed by atoms with Crippen molar-refractivity contribution in [2.24, 2.45) is 0 Å². The molecule has 3 heterocycles. The topological polar surface area (TPSA) is 122 Å². The quantitative estimate of drug-likeness (QED) is 0.174. The number of benzene rings is 2. The molecule has 0 aliphatic heterocycles. The van der Waals surface area contributed by atoms with E-state index in [1.54, 1.807) is 20.0 Å². The van der Waals surface area contributed by atoms with Crippen LogP contribution in [0.2, 0.25) is 5.02 Å². The minimum atomic E-state index is -1.10. The van der Waals surface area contributed by atoms with Gasteiger partial charge >= 0.3 is 5.97 Å².